The van der Waals surface area contributed by atoms with Gasteiger partial charge in [0.25, 0.3) is 0 Å². The van der Waals surface area contributed by atoms with E-state index < -0.39 is 0 Å². The average molecular weight is 386 g/mol. The van der Waals surface area contributed by atoms with Gasteiger partial charge in [0.05, 0.1) is 0 Å². The molecular formula is C20H24ClN5O. The van der Waals surface area contributed by atoms with E-state index in [1.54, 1.807) is 0 Å². The van der Waals surface area contributed by atoms with E-state index in [-0.39, 0.29) is 11.9 Å². The van der Waals surface area contributed by atoms with E-state index in [1.807, 2.05) is 36.5 Å². The maximum Gasteiger partial charge on any atom is 0.243 e. The van der Waals surface area contributed by atoms with E-state index in [0.29, 0.717) is 18.0 Å². The SMILES string of the molecule is CN1CCN(c2ncccc2CNC(=O)[C@@H]2Cc3cc(Cl)ccc3N2)CC1. The molecule has 2 aliphatic heterocycles. The number of nitrogens with one attached hydrogen (secondary N) is 2. The molecule has 0 radical (unpaired) electrons. The second kappa shape index (κ2) is 7.74. The summed E-state index contributed by atoms with van der Waals surface area (Å²) < 4.78 is 0. The van der Waals surface area contributed by atoms with Crippen molar-refractivity contribution in [2.75, 3.05) is 43.4 Å². The van der Waals surface area contributed by atoms with Crippen molar-refractivity contribution in [1.82, 2.24) is 15.2 Å². The Morgan fingerprint density at radius 2 is 2.11 bits per heavy atom. The molecule has 2 N–H and O–H groups in total. The molecule has 1 fully saturated rings. The van der Waals surface area contributed by atoms with E-state index >= 15 is 0 Å². The van der Waals surface area contributed by atoms with Crippen molar-refractivity contribution in [3.63, 3.8) is 0 Å². The van der Waals surface area contributed by atoms with Gasteiger partial charge in [-0.15, -0.1) is 0 Å². The Labute approximate surface area is 164 Å². The summed E-state index contributed by atoms with van der Waals surface area (Å²) in [5.74, 6) is 0.968. The molecule has 4 rings (SSSR count). The number of hydrogen-bond acceptors (Lipinski definition) is 5. The van der Waals surface area contributed by atoms with Crippen LogP contribution in [0.25, 0.3) is 0 Å². The molecule has 0 saturated carbocycles. The van der Waals surface area contributed by atoms with Crippen molar-refractivity contribution >= 4 is 29.0 Å². The summed E-state index contributed by atoms with van der Waals surface area (Å²) in [6, 6.07) is 9.39. The molecule has 0 spiro atoms. The summed E-state index contributed by atoms with van der Waals surface area (Å²) in [5.41, 5.74) is 3.12. The highest BCUT2D eigenvalue weighted by atomic mass is 35.5. The molecule has 1 atom stereocenters. The zero-order valence-corrected chi connectivity index (χ0v) is 16.2. The lowest BCUT2D eigenvalue weighted by Gasteiger charge is -2.34. The van der Waals surface area contributed by atoms with Gasteiger partial charge in [0.2, 0.25) is 5.91 Å². The van der Waals surface area contributed by atoms with Crippen molar-refractivity contribution < 1.29 is 4.79 Å². The standard InChI is InChI=1S/C20H24ClN5O/c1-25-7-9-26(10-8-25)19-14(3-2-6-22-19)13-23-20(27)18-12-15-11-16(21)4-5-17(15)24-18/h2-6,11,18,24H,7-10,12-13H2,1H3,(H,23,27)/t18-/m0/s1. The predicted molar refractivity (Wildman–Crippen MR) is 108 cm³/mol. The Morgan fingerprint density at radius 3 is 2.93 bits per heavy atom. The van der Waals surface area contributed by atoms with Gasteiger partial charge in [0, 0.05) is 61.6 Å². The maximum absolute atomic E-state index is 12.7. The number of carbonyl (C=O) groups is 1. The number of piperazine rings is 1. The minimum absolute atomic E-state index is 0.00416. The molecule has 7 heteroatoms. The molecule has 3 heterocycles. The minimum atomic E-state index is -0.262. The summed E-state index contributed by atoms with van der Waals surface area (Å²) in [6.07, 6.45) is 2.47. The molecule has 0 unspecified atom stereocenters. The second-order valence-corrected chi connectivity index (χ2v) is 7.63. The number of fused-ring (bicyclic) bond motifs is 1. The first-order valence-corrected chi connectivity index (χ1v) is 9.68. The number of halogens is 1. The van der Waals surface area contributed by atoms with Crippen LogP contribution in [0.4, 0.5) is 11.5 Å². The average Bonchev–Trinajstić information content (AvgIpc) is 3.10. The number of rotatable bonds is 4. The third kappa shape index (κ3) is 4.01. The maximum atomic E-state index is 12.7. The smallest absolute Gasteiger partial charge is 0.243 e. The highest BCUT2D eigenvalue weighted by molar-refractivity contribution is 6.30. The molecule has 1 amide bonds. The van der Waals surface area contributed by atoms with E-state index in [2.05, 4.69) is 32.5 Å². The van der Waals surface area contributed by atoms with E-state index in [1.165, 1.54) is 0 Å². The van der Waals surface area contributed by atoms with Gasteiger partial charge in [0.15, 0.2) is 0 Å². The van der Waals surface area contributed by atoms with Crippen molar-refractivity contribution in [2.24, 2.45) is 0 Å². The fourth-order valence-corrected chi connectivity index (χ4v) is 3.86. The summed E-state index contributed by atoms with van der Waals surface area (Å²) in [4.78, 5) is 21.8. The Kier molecular flexibility index (Phi) is 5.18. The molecule has 0 bridgehead atoms. The van der Waals surface area contributed by atoms with Gasteiger partial charge in [-0.05, 0) is 36.9 Å². The summed E-state index contributed by atoms with van der Waals surface area (Å²) >= 11 is 6.05. The van der Waals surface area contributed by atoms with Gasteiger partial charge in [-0.3, -0.25) is 4.79 Å². The molecule has 27 heavy (non-hydrogen) atoms. The molecule has 1 saturated heterocycles. The van der Waals surface area contributed by atoms with Gasteiger partial charge in [0.1, 0.15) is 11.9 Å². The molecule has 1 aromatic heterocycles. The lowest BCUT2D eigenvalue weighted by molar-refractivity contribution is -0.121. The highest BCUT2D eigenvalue weighted by Crippen LogP contribution is 2.28. The highest BCUT2D eigenvalue weighted by Gasteiger charge is 2.27. The Balaban J connectivity index is 1.39. The molecule has 0 aliphatic carbocycles. The van der Waals surface area contributed by atoms with Gasteiger partial charge in [-0.2, -0.15) is 0 Å². The van der Waals surface area contributed by atoms with Gasteiger partial charge in [-0.25, -0.2) is 4.98 Å². The first-order valence-electron chi connectivity index (χ1n) is 9.30. The van der Waals surface area contributed by atoms with Crippen LogP contribution in [0.3, 0.4) is 0 Å². The summed E-state index contributed by atoms with van der Waals surface area (Å²) in [6.45, 7) is 4.43. The largest absolute Gasteiger partial charge is 0.373 e. The summed E-state index contributed by atoms with van der Waals surface area (Å²) in [7, 11) is 2.14. The Hall–Kier alpha value is -2.31. The van der Waals surface area contributed by atoms with Crippen LogP contribution in [0.1, 0.15) is 11.1 Å². The lowest BCUT2D eigenvalue weighted by atomic mass is 10.1. The monoisotopic (exact) mass is 385 g/mol. The fourth-order valence-electron chi connectivity index (χ4n) is 3.67. The molecule has 2 aromatic rings. The van der Waals surface area contributed by atoms with Crippen LogP contribution in [-0.2, 0) is 17.8 Å². The van der Waals surface area contributed by atoms with Crippen molar-refractivity contribution in [3.05, 3.63) is 52.7 Å². The number of anilines is 2. The second-order valence-electron chi connectivity index (χ2n) is 7.20. The number of amides is 1. The number of hydrogen-bond donors (Lipinski definition) is 2. The molecule has 6 nitrogen and oxygen atoms in total. The van der Waals surface area contributed by atoms with Gasteiger partial charge >= 0.3 is 0 Å². The zero-order valence-electron chi connectivity index (χ0n) is 15.4. The quantitative estimate of drug-likeness (QED) is 0.844. The van der Waals surface area contributed by atoms with Crippen LogP contribution in [0.15, 0.2) is 36.5 Å². The van der Waals surface area contributed by atoms with E-state index in [9.17, 15) is 4.79 Å². The van der Waals surface area contributed by atoms with Crippen LogP contribution >= 0.6 is 11.6 Å². The Bertz CT molecular complexity index is 835. The number of aromatic nitrogens is 1. The number of carbonyl (C=O) groups excluding carboxylic acids is 1. The van der Waals surface area contributed by atoms with Crippen molar-refractivity contribution in [1.29, 1.82) is 0 Å². The third-order valence-electron chi connectivity index (χ3n) is 5.26. The molecule has 142 valence electrons. The van der Waals surface area contributed by atoms with Crippen molar-refractivity contribution in [3.8, 4) is 0 Å². The topological polar surface area (TPSA) is 60.5 Å². The van der Waals surface area contributed by atoms with Crippen LogP contribution < -0.4 is 15.5 Å². The zero-order chi connectivity index (χ0) is 18.8. The molecule has 1 aromatic carbocycles. The fraction of sp³-hybridized carbons (Fsp3) is 0.400. The molecular weight excluding hydrogens is 362 g/mol. The summed E-state index contributed by atoms with van der Waals surface area (Å²) in [5, 5.41) is 7.04. The first-order chi connectivity index (χ1) is 13.1. The normalized spacial score (nSPS) is 19.5. The van der Waals surface area contributed by atoms with Crippen LogP contribution in [0, 0.1) is 0 Å². The van der Waals surface area contributed by atoms with Gasteiger partial charge < -0.3 is 20.4 Å². The van der Waals surface area contributed by atoms with E-state index in [0.717, 1.165) is 48.8 Å². The lowest BCUT2D eigenvalue weighted by Crippen LogP contribution is -2.45. The van der Waals surface area contributed by atoms with Crippen LogP contribution in [0.5, 0.6) is 0 Å². The number of likely N-dealkylation sites (N-methyl/N-ethyl adjacent to an activating group) is 1. The van der Waals surface area contributed by atoms with Crippen LogP contribution in [0.2, 0.25) is 5.02 Å². The molecule has 2 aliphatic rings. The van der Waals surface area contributed by atoms with Gasteiger partial charge in [-0.1, -0.05) is 17.7 Å². The van der Waals surface area contributed by atoms with E-state index in [4.69, 9.17) is 11.6 Å². The minimum Gasteiger partial charge on any atom is -0.373 e. The third-order valence-corrected chi connectivity index (χ3v) is 5.50. The van der Waals surface area contributed by atoms with Crippen molar-refractivity contribution in [2.45, 2.75) is 19.0 Å². The number of nitrogens with zero attached hydrogens (tertiary/aromatic N) is 3. The first kappa shape index (κ1) is 18.1. The number of pyridine rings is 1. The Morgan fingerprint density at radius 1 is 1.30 bits per heavy atom. The predicted octanol–water partition coefficient (Wildman–Crippen LogP) is 2.14. The number of benzene rings is 1. The van der Waals surface area contributed by atoms with Crippen LogP contribution in [-0.4, -0.2) is 55.1 Å².